The number of aryl methyl sites for hydroxylation is 1. The molecule has 1 aliphatic rings. The molecular formula is C10H8ClNO3. The van der Waals surface area contributed by atoms with Gasteiger partial charge in [0.2, 0.25) is 0 Å². The van der Waals surface area contributed by atoms with Gasteiger partial charge in [-0.3, -0.25) is 0 Å². The van der Waals surface area contributed by atoms with E-state index in [1.807, 2.05) is 13.0 Å². The highest BCUT2D eigenvalue weighted by Gasteiger charge is 2.24. The van der Waals surface area contributed by atoms with Crippen molar-refractivity contribution in [3.63, 3.8) is 0 Å². The Morgan fingerprint density at radius 3 is 2.93 bits per heavy atom. The number of carbonyl (C=O) groups is 1. The summed E-state index contributed by atoms with van der Waals surface area (Å²) in [7, 11) is 0. The number of nitrogens with zero attached hydrogens (tertiary/aromatic N) is 1. The van der Waals surface area contributed by atoms with Gasteiger partial charge in [0, 0.05) is 0 Å². The summed E-state index contributed by atoms with van der Waals surface area (Å²) in [6.07, 6.45) is 1.57. The van der Waals surface area contributed by atoms with E-state index in [0.717, 1.165) is 5.76 Å². The number of oxime groups is 1. The summed E-state index contributed by atoms with van der Waals surface area (Å²) in [6.45, 7) is 1.82. The van der Waals surface area contributed by atoms with Gasteiger partial charge in [-0.1, -0.05) is 5.16 Å². The summed E-state index contributed by atoms with van der Waals surface area (Å²) in [5, 5.41) is 3.54. The number of halogens is 1. The average molecular weight is 226 g/mol. The van der Waals surface area contributed by atoms with Gasteiger partial charge in [-0.15, -0.1) is 11.6 Å². The Hall–Kier alpha value is -1.55. The third-order valence-electron chi connectivity index (χ3n) is 1.94. The van der Waals surface area contributed by atoms with E-state index in [4.69, 9.17) is 16.0 Å². The molecule has 0 bridgehead atoms. The summed E-state index contributed by atoms with van der Waals surface area (Å²) < 4.78 is 5.30. The molecule has 1 aliphatic heterocycles. The molecule has 1 aromatic rings. The molecule has 0 unspecified atom stereocenters. The fourth-order valence-corrected chi connectivity index (χ4v) is 1.42. The van der Waals surface area contributed by atoms with Gasteiger partial charge < -0.3 is 9.25 Å². The Kier molecular flexibility index (Phi) is 2.60. The molecule has 15 heavy (non-hydrogen) atoms. The number of hydrogen-bond donors (Lipinski definition) is 0. The molecule has 1 aromatic heterocycles. The zero-order valence-electron chi connectivity index (χ0n) is 7.99. The van der Waals surface area contributed by atoms with Crippen molar-refractivity contribution in [3.8, 4) is 0 Å². The molecule has 0 radical (unpaired) electrons. The largest absolute Gasteiger partial charge is 0.462 e. The highest BCUT2D eigenvalue weighted by molar-refractivity contribution is 6.38. The monoisotopic (exact) mass is 225 g/mol. The predicted octanol–water partition coefficient (Wildman–Crippen LogP) is 2.12. The van der Waals surface area contributed by atoms with Crippen LogP contribution in [0.15, 0.2) is 27.3 Å². The SMILES string of the molecule is Cc1ccc(C=C2C(=O)ON=C2CCl)o1. The van der Waals surface area contributed by atoms with Crippen molar-refractivity contribution in [2.45, 2.75) is 6.92 Å². The standard InChI is InChI=1S/C10H8ClNO3/c1-6-2-3-7(14-6)4-8-9(5-11)12-15-10(8)13/h2-4H,5H2,1H3. The summed E-state index contributed by atoms with van der Waals surface area (Å²) in [5.74, 6) is 0.994. The number of rotatable bonds is 2. The lowest BCUT2D eigenvalue weighted by atomic mass is 10.1. The molecule has 2 heterocycles. The van der Waals surface area contributed by atoms with E-state index in [0.29, 0.717) is 17.0 Å². The fourth-order valence-electron chi connectivity index (χ4n) is 1.22. The van der Waals surface area contributed by atoms with E-state index in [1.54, 1.807) is 12.1 Å². The Labute approximate surface area is 91.1 Å². The van der Waals surface area contributed by atoms with Gasteiger partial charge in [0.05, 0.1) is 11.5 Å². The second kappa shape index (κ2) is 3.90. The lowest BCUT2D eigenvalue weighted by Crippen LogP contribution is -2.06. The van der Waals surface area contributed by atoms with E-state index >= 15 is 0 Å². The minimum Gasteiger partial charge on any atom is -0.462 e. The van der Waals surface area contributed by atoms with Crippen LogP contribution in [0.2, 0.25) is 0 Å². The van der Waals surface area contributed by atoms with Crippen molar-refractivity contribution in [2.24, 2.45) is 5.16 Å². The van der Waals surface area contributed by atoms with Crippen molar-refractivity contribution in [3.05, 3.63) is 29.2 Å². The number of carbonyl (C=O) groups excluding carboxylic acids is 1. The van der Waals surface area contributed by atoms with Crippen LogP contribution in [0, 0.1) is 6.92 Å². The highest BCUT2D eigenvalue weighted by atomic mass is 35.5. The number of furan rings is 1. The molecule has 0 saturated carbocycles. The zero-order chi connectivity index (χ0) is 10.8. The summed E-state index contributed by atoms with van der Waals surface area (Å²) in [5.41, 5.74) is 0.773. The Bertz CT molecular complexity index is 459. The highest BCUT2D eigenvalue weighted by Crippen LogP contribution is 2.17. The van der Waals surface area contributed by atoms with Crippen molar-refractivity contribution >= 4 is 29.4 Å². The van der Waals surface area contributed by atoms with E-state index in [2.05, 4.69) is 9.99 Å². The first kappa shape index (κ1) is 9.98. The number of hydrogen-bond acceptors (Lipinski definition) is 4. The minimum absolute atomic E-state index is 0.136. The van der Waals surface area contributed by atoms with E-state index in [1.165, 1.54) is 0 Å². The molecule has 0 saturated heterocycles. The smallest absolute Gasteiger partial charge is 0.367 e. The fraction of sp³-hybridized carbons (Fsp3) is 0.200. The van der Waals surface area contributed by atoms with Crippen molar-refractivity contribution < 1.29 is 14.0 Å². The number of alkyl halides is 1. The van der Waals surface area contributed by atoms with E-state index in [-0.39, 0.29) is 5.88 Å². The van der Waals surface area contributed by atoms with E-state index in [9.17, 15) is 4.79 Å². The summed E-state index contributed by atoms with van der Waals surface area (Å²) in [6, 6.07) is 3.57. The van der Waals surface area contributed by atoms with Crippen LogP contribution in [-0.2, 0) is 9.63 Å². The zero-order valence-corrected chi connectivity index (χ0v) is 8.75. The molecule has 78 valence electrons. The normalized spacial score (nSPS) is 18.1. The molecule has 0 N–H and O–H groups in total. The molecular weight excluding hydrogens is 218 g/mol. The van der Waals surface area contributed by atoms with Crippen molar-refractivity contribution in [2.75, 3.05) is 5.88 Å². The second-order valence-electron chi connectivity index (χ2n) is 3.06. The molecule has 4 nitrogen and oxygen atoms in total. The Morgan fingerprint density at radius 1 is 1.53 bits per heavy atom. The third kappa shape index (κ3) is 1.94. The quantitative estimate of drug-likeness (QED) is 0.440. The van der Waals surface area contributed by atoms with Gasteiger partial charge in [0.25, 0.3) is 0 Å². The molecule has 2 rings (SSSR count). The lowest BCUT2D eigenvalue weighted by Gasteiger charge is -1.92. The maximum atomic E-state index is 11.2. The second-order valence-corrected chi connectivity index (χ2v) is 3.32. The summed E-state index contributed by atoms with van der Waals surface area (Å²) >= 11 is 5.60. The van der Waals surface area contributed by atoms with Gasteiger partial charge in [-0.05, 0) is 25.1 Å². The van der Waals surface area contributed by atoms with Gasteiger partial charge in [-0.25, -0.2) is 4.79 Å². The molecule has 5 heteroatoms. The minimum atomic E-state index is -0.500. The third-order valence-corrected chi connectivity index (χ3v) is 2.20. The molecule has 0 amide bonds. The van der Waals surface area contributed by atoms with Gasteiger partial charge in [0.15, 0.2) is 0 Å². The first-order chi connectivity index (χ1) is 7.20. The summed E-state index contributed by atoms with van der Waals surface area (Å²) in [4.78, 5) is 15.8. The topological polar surface area (TPSA) is 51.8 Å². The Morgan fingerprint density at radius 2 is 2.33 bits per heavy atom. The van der Waals surface area contributed by atoms with Gasteiger partial charge >= 0.3 is 5.97 Å². The Balaban J connectivity index is 2.33. The van der Waals surface area contributed by atoms with Crippen LogP contribution in [0.3, 0.4) is 0 Å². The van der Waals surface area contributed by atoms with Crippen LogP contribution >= 0.6 is 11.6 Å². The van der Waals surface area contributed by atoms with Crippen LogP contribution in [-0.4, -0.2) is 17.6 Å². The van der Waals surface area contributed by atoms with Crippen LogP contribution in [0.25, 0.3) is 6.08 Å². The molecule has 0 fully saturated rings. The van der Waals surface area contributed by atoms with Gasteiger partial charge in [-0.2, -0.15) is 0 Å². The van der Waals surface area contributed by atoms with Crippen LogP contribution in [0.4, 0.5) is 0 Å². The first-order valence-electron chi connectivity index (χ1n) is 4.33. The molecule has 0 spiro atoms. The average Bonchev–Trinajstić information content (AvgIpc) is 2.76. The lowest BCUT2D eigenvalue weighted by molar-refractivity contribution is -0.136. The first-order valence-corrected chi connectivity index (χ1v) is 4.87. The van der Waals surface area contributed by atoms with Crippen LogP contribution in [0.1, 0.15) is 11.5 Å². The van der Waals surface area contributed by atoms with Gasteiger partial charge in [0.1, 0.15) is 17.2 Å². The molecule has 0 aromatic carbocycles. The van der Waals surface area contributed by atoms with Crippen molar-refractivity contribution in [1.29, 1.82) is 0 Å². The maximum Gasteiger partial charge on any atom is 0.367 e. The predicted molar refractivity (Wildman–Crippen MR) is 55.7 cm³/mol. The van der Waals surface area contributed by atoms with Crippen molar-refractivity contribution in [1.82, 2.24) is 0 Å². The van der Waals surface area contributed by atoms with Crippen LogP contribution < -0.4 is 0 Å². The molecule has 0 atom stereocenters. The van der Waals surface area contributed by atoms with Crippen LogP contribution in [0.5, 0.6) is 0 Å². The molecule has 0 aliphatic carbocycles. The maximum absolute atomic E-state index is 11.2. The van der Waals surface area contributed by atoms with E-state index < -0.39 is 5.97 Å².